The van der Waals surface area contributed by atoms with E-state index in [1.54, 1.807) is 0 Å². The molecule has 1 amide bonds. The summed E-state index contributed by atoms with van der Waals surface area (Å²) in [5.74, 6) is -0.549. The normalized spacial score (nSPS) is 18.1. The average molecular weight is 277 g/mol. The van der Waals surface area contributed by atoms with E-state index < -0.39 is 12.0 Å². The molecule has 1 aliphatic heterocycles. The largest absolute Gasteiger partial charge is 0.483 e. The van der Waals surface area contributed by atoms with Crippen LogP contribution in [0.2, 0.25) is 0 Å². The molecule has 1 saturated heterocycles. The van der Waals surface area contributed by atoms with Gasteiger partial charge in [0.05, 0.1) is 0 Å². The topological polar surface area (TPSA) is 66.8 Å². The van der Waals surface area contributed by atoms with Crippen molar-refractivity contribution in [1.29, 1.82) is 0 Å². The van der Waals surface area contributed by atoms with E-state index >= 15 is 0 Å². The third-order valence-corrected chi connectivity index (χ3v) is 3.54. The van der Waals surface area contributed by atoms with Crippen LogP contribution in [0, 0.1) is 13.8 Å². The number of carbonyl (C=O) groups excluding carboxylic acids is 1. The summed E-state index contributed by atoms with van der Waals surface area (Å²) >= 11 is 0. The second kappa shape index (κ2) is 5.94. The van der Waals surface area contributed by atoms with Gasteiger partial charge >= 0.3 is 5.97 Å². The van der Waals surface area contributed by atoms with Crippen LogP contribution in [0.15, 0.2) is 18.2 Å². The van der Waals surface area contributed by atoms with E-state index in [2.05, 4.69) is 0 Å². The molecule has 5 heteroatoms. The molecule has 0 aromatic heterocycles. The van der Waals surface area contributed by atoms with Crippen molar-refractivity contribution < 1.29 is 19.4 Å². The molecule has 0 spiro atoms. The van der Waals surface area contributed by atoms with Crippen LogP contribution in [-0.4, -0.2) is 41.1 Å². The van der Waals surface area contributed by atoms with E-state index in [1.807, 2.05) is 32.0 Å². The highest BCUT2D eigenvalue weighted by atomic mass is 16.5. The molecule has 1 heterocycles. The average Bonchev–Trinajstić information content (AvgIpc) is 2.86. The van der Waals surface area contributed by atoms with Crippen molar-refractivity contribution in [2.24, 2.45) is 0 Å². The van der Waals surface area contributed by atoms with Gasteiger partial charge in [-0.1, -0.05) is 17.7 Å². The summed E-state index contributed by atoms with van der Waals surface area (Å²) in [5.41, 5.74) is 2.10. The van der Waals surface area contributed by atoms with Crippen molar-refractivity contribution in [3.63, 3.8) is 0 Å². The summed E-state index contributed by atoms with van der Waals surface area (Å²) in [4.78, 5) is 24.5. The number of aliphatic carboxylic acids is 1. The van der Waals surface area contributed by atoms with Crippen LogP contribution in [0.3, 0.4) is 0 Å². The molecule has 1 fully saturated rings. The fourth-order valence-corrected chi connectivity index (χ4v) is 2.51. The van der Waals surface area contributed by atoms with Gasteiger partial charge in [-0.2, -0.15) is 0 Å². The van der Waals surface area contributed by atoms with E-state index in [9.17, 15) is 9.59 Å². The maximum atomic E-state index is 12.0. The number of aryl methyl sites for hydroxylation is 2. The molecule has 20 heavy (non-hydrogen) atoms. The van der Waals surface area contributed by atoms with Gasteiger partial charge in [-0.05, 0) is 38.3 Å². The molecule has 1 atom stereocenters. The van der Waals surface area contributed by atoms with Gasteiger partial charge in [0.1, 0.15) is 11.8 Å². The molecule has 0 bridgehead atoms. The zero-order valence-electron chi connectivity index (χ0n) is 11.8. The van der Waals surface area contributed by atoms with E-state index in [-0.39, 0.29) is 12.5 Å². The van der Waals surface area contributed by atoms with E-state index in [4.69, 9.17) is 9.84 Å². The first-order valence-electron chi connectivity index (χ1n) is 6.71. The number of rotatable bonds is 4. The first-order valence-corrected chi connectivity index (χ1v) is 6.71. The van der Waals surface area contributed by atoms with Crippen molar-refractivity contribution in [2.75, 3.05) is 13.2 Å². The number of nitrogens with zero attached hydrogens (tertiary/aromatic N) is 1. The minimum absolute atomic E-state index is 0.117. The molecule has 0 saturated carbocycles. The number of carboxylic acid groups (broad SMARTS) is 1. The van der Waals surface area contributed by atoms with E-state index in [0.717, 1.165) is 17.5 Å². The summed E-state index contributed by atoms with van der Waals surface area (Å²) < 4.78 is 5.51. The lowest BCUT2D eigenvalue weighted by Gasteiger charge is -2.21. The Hall–Kier alpha value is -2.04. The maximum Gasteiger partial charge on any atom is 0.326 e. The SMILES string of the molecule is Cc1ccc(OCC(=O)N2CCC[C@H]2C(=O)O)c(C)c1. The van der Waals surface area contributed by atoms with Crippen LogP contribution in [0.25, 0.3) is 0 Å². The zero-order valence-corrected chi connectivity index (χ0v) is 11.8. The molecule has 0 unspecified atom stereocenters. The van der Waals surface area contributed by atoms with Crippen LogP contribution < -0.4 is 4.74 Å². The van der Waals surface area contributed by atoms with Gasteiger partial charge in [-0.3, -0.25) is 4.79 Å². The fourth-order valence-electron chi connectivity index (χ4n) is 2.51. The number of amides is 1. The lowest BCUT2D eigenvalue weighted by molar-refractivity contribution is -0.148. The molecule has 0 aliphatic carbocycles. The molecule has 1 N–H and O–H groups in total. The lowest BCUT2D eigenvalue weighted by atomic mass is 10.1. The molecule has 2 rings (SSSR count). The molecule has 0 radical (unpaired) electrons. The van der Waals surface area contributed by atoms with E-state index in [1.165, 1.54) is 4.90 Å². The summed E-state index contributed by atoms with van der Waals surface area (Å²) in [6.45, 7) is 4.28. The van der Waals surface area contributed by atoms with Crippen molar-refractivity contribution in [1.82, 2.24) is 4.90 Å². The molecule has 1 aromatic carbocycles. The van der Waals surface area contributed by atoms with Crippen LogP contribution in [0.1, 0.15) is 24.0 Å². The van der Waals surface area contributed by atoms with Crippen LogP contribution >= 0.6 is 0 Å². The number of hydrogen-bond donors (Lipinski definition) is 1. The molecule has 1 aliphatic rings. The Bertz CT molecular complexity index is 527. The van der Waals surface area contributed by atoms with Crippen LogP contribution in [-0.2, 0) is 9.59 Å². The van der Waals surface area contributed by atoms with Gasteiger partial charge in [-0.15, -0.1) is 0 Å². The molecule has 108 valence electrons. The van der Waals surface area contributed by atoms with Gasteiger partial charge in [0.15, 0.2) is 6.61 Å². The number of carboxylic acids is 1. The van der Waals surface area contributed by atoms with Gasteiger partial charge in [0.2, 0.25) is 0 Å². The van der Waals surface area contributed by atoms with Crippen molar-refractivity contribution in [3.05, 3.63) is 29.3 Å². The highest BCUT2D eigenvalue weighted by Gasteiger charge is 2.33. The lowest BCUT2D eigenvalue weighted by Crippen LogP contribution is -2.42. The summed E-state index contributed by atoms with van der Waals surface area (Å²) in [6, 6.07) is 5.03. The van der Waals surface area contributed by atoms with E-state index in [0.29, 0.717) is 18.7 Å². The van der Waals surface area contributed by atoms with Gasteiger partial charge in [-0.25, -0.2) is 4.79 Å². The Morgan fingerprint density at radius 1 is 1.40 bits per heavy atom. The van der Waals surface area contributed by atoms with Crippen LogP contribution in [0.4, 0.5) is 0 Å². The molecule has 5 nitrogen and oxygen atoms in total. The molecular formula is C15H19NO4. The monoisotopic (exact) mass is 277 g/mol. The highest BCUT2D eigenvalue weighted by Crippen LogP contribution is 2.20. The van der Waals surface area contributed by atoms with Crippen molar-refractivity contribution >= 4 is 11.9 Å². The van der Waals surface area contributed by atoms with Gasteiger partial charge < -0.3 is 14.7 Å². The Labute approximate surface area is 118 Å². The second-order valence-corrected chi connectivity index (χ2v) is 5.14. The maximum absolute atomic E-state index is 12.0. The Kier molecular flexibility index (Phi) is 4.27. The standard InChI is InChI=1S/C15H19NO4/c1-10-5-6-13(11(2)8-10)20-9-14(17)16-7-3-4-12(16)15(18)19/h5-6,8,12H,3-4,7,9H2,1-2H3,(H,18,19)/t12-/m0/s1. The Balaban J connectivity index is 1.96. The van der Waals surface area contributed by atoms with Crippen molar-refractivity contribution in [3.8, 4) is 5.75 Å². The number of likely N-dealkylation sites (tertiary alicyclic amines) is 1. The van der Waals surface area contributed by atoms with Crippen LogP contribution in [0.5, 0.6) is 5.75 Å². The third-order valence-electron chi connectivity index (χ3n) is 3.54. The second-order valence-electron chi connectivity index (χ2n) is 5.14. The minimum atomic E-state index is -0.942. The van der Waals surface area contributed by atoms with Gasteiger partial charge in [0.25, 0.3) is 5.91 Å². The first-order chi connectivity index (χ1) is 9.49. The predicted molar refractivity (Wildman–Crippen MR) is 73.8 cm³/mol. The minimum Gasteiger partial charge on any atom is -0.483 e. The smallest absolute Gasteiger partial charge is 0.326 e. The third kappa shape index (κ3) is 3.10. The fraction of sp³-hybridized carbons (Fsp3) is 0.467. The highest BCUT2D eigenvalue weighted by molar-refractivity contribution is 5.85. The quantitative estimate of drug-likeness (QED) is 0.910. The number of carbonyl (C=O) groups is 2. The number of benzene rings is 1. The summed E-state index contributed by atoms with van der Waals surface area (Å²) in [5, 5.41) is 9.06. The summed E-state index contributed by atoms with van der Waals surface area (Å²) in [6.07, 6.45) is 1.25. The Morgan fingerprint density at radius 2 is 2.15 bits per heavy atom. The zero-order chi connectivity index (χ0) is 14.7. The van der Waals surface area contributed by atoms with Crippen molar-refractivity contribution in [2.45, 2.75) is 32.7 Å². The van der Waals surface area contributed by atoms with Gasteiger partial charge in [0, 0.05) is 6.54 Å². The molecule has 1 aromatic rings. The Morgan fingerprint density at radius 3 is 2.80 bits per heavy atom. The molecular weight excluding hydrogens is 258 g/mol. The summed E-state index contributed by atoms with van der Waals surface area (Å²) in [7, 11) is 0. The number of ether oxygens (including phenoxy) is 1. The first kappa shape index (κ1) is 14.4. The number of hydrogen-bond acceptors (Lipinski definition) is 3. The predicted octanol–water partition coefficient (Wildman–Crippen LogP) is 1.76.